The summed E-state index contributed by atoms with van der Waals surface area (Å²) in [6.07, 6.45) is 3.84. The van der Waals surface area contributed by atoms with Crippen LogP contribution < -0.4 is 5.32 Å². The van der Waals surface area contributed by atoms with Gasteiger partial charge in [-0.2, -0.15) is 5.10 Å². The lowest BCUT2D eigenvalue weighted by Crippen LogP contribution is -2.13. The van der Waals surface area contributed by atoms with Crippen LogP contribution in [0.15, 0.2) is 78.4 Å². The number of hydrogen-bond acceptors (Lipinski definition) is 4. The van der Waals surface area contributed by atoms with E-state index in [2.05, 4.69) is 15.4 Å². The van der Waals surface area contributed by atoms with Crippen molar-refractivity contribution in [2.45, 2.75) is 6.42 Å². The maximum atomic E-state index is 12.3. The lowest BCUT2D eigenvalue weighted by atomic mass is 10.2. The van der Waals surface area contributed by atoms with Gasteiger partial charge in [0.2, 0.25) is 5.91 Å². The highest BCUT2D eigenvalue weighted by Crippen LogP contribution is 2.24. The first-order chi connectivity index (χ1) is 12.8. The van der Waals surface area contributed by atoms with Crippen molar-refractivity contribution in [3.8, 4) is 16.9 Å². The zero-order valence-electron chi connectivity index (χ0n) is 13.9. The molecule has 0 atom stereocenters. The van der Waals surface area contributed by atoms with Crippen LogP contribution in [0.2, 0.25) is 0 Å². The van der Waals surface area contributed by atoms with Crippen molar-refractivity contribution in [2.24, 2.45) is 0 Å². The van der Waals surface area contributed by atoms with Crippen LogP contribution in [0.3, 0.4) is 0 Å². The Kier molecular flexibility index (Phi) is 4.57. The highest BCUT2D eigenvalue weighted by Gasteiger charge is 2.10. The quantitative estimate of drug-likeness (QED) is 0.581. The zero-order valence-corrected chi connectivity index (χ0v) is 14.7. The standard InChI is InChI=1S/C20H16N4OS/c25-19(11-15-12-21-24(13-15)17-9-5-2-6-10-17)23-20-22-18(14-26-20)16-7-3-1-4-8-16/h1-10,12-14H,11H2,(H,22,23,25). The minimum Gasteiger partial charge on any atom is -0.302 e. The summed E-state index contributed by atoms with van der Waals surface area (Å²) >= 11 is 1.42. The Balaban J connectivity index is 1.40. The SMILES string of the molecule is O=C(Cc1cnn(-c2ccccc2)c1)Nc1nc(-c2ccccc2)cs1. The predicted octanol–water partition coefficient (Wildman–Crippen LogP) is 4.18. The maximum absolute atomic E-state index is 12.3. The number of para-hydroxylation sites is 1. The molecule has 2 aromatic carbocycles. The Hall–Kier alpha value is -3.25. The second-order valence-corrected chi connectivity index (χ2v) is 6.62. The van der Waals surface area contributed by atoms with Crippen LogP contribution in [-0.4, -0.2) is 20.7 Å². The fraction of sp³-hybridized carbons (Fsp3) is 0.0500. The third-order valence-corrected chi connectivity index (χ3v) is 4.60. The molecule has 0 spiro atoms. The molecule has 1 amide bonds. The molecule has 128 valence electrons. The van der Waals surface area contributed by atoms with E-state index in [4.69, 9.17) is 0 Å². The van der Waals surface area contributed by atoms with Gasteiger partial charge in [-0.25, -0.2) is 9.67 Å². The van der Waals surface area contributed by atoms with Gasteiger partial charge < -0.3 is 5.32 Å². The molecule has 2 aromatic heterocycles. The molecule has 26 heavy (non-hydrogen) atoms. The monoisotopic (exact) mass is 360 g/mol. The molecule has 0 aliphatic heterocycles. The summed E-state index contributed by atoms with van der Waals surface area (Å²) in [4.78, 5) is 16.8. The number of carbonyl (C=O) groups is 1. The minimum absolute atomic E-state index is 0.105. The molecule has 5 nitrogen and oxygen atoms in total. The fourth-order valence-corrected chi connectivity index (χ4v) is 3.33. The summed E-state index contributed by atoms with van der Waals surface area (Å²) in [5.74, 6) is -0.105. The normalized spacial score (nSPS) is 10.6. The van der Waals surface area contributed by atoms with Gasteiger partial charge in [-0.15, -0.1) is 11.3 Å². The van der Waals surface area contributed by atoms with Crippen LogP contribution >= 0.6 is 11.3 Å². The molecule has 0 fully saturated rings. The second-order valence-electron chi connectivity index (χ2n) is 5.76. The molecule has 0 aliphatic carbocycles. The molecule has 2 heterocycles. The molecule has 0 unspecified atom stereocenters. The summed E-state index contributed by atoms with van der Waals surface area (Å²) in [7, 11) is 0. The number of carbonyl (C=O) groups excluding carboxylic acids is 1. The Morgan fingerprint density at radius 2 is 1.77 bits per heavy atom. The molecule has 0 aliphatic rings. The predicted molar refractivity (Wildman–Crippen MR) is 103 cm³/mol. The van der Waals surface area contributed by atoms with E-state index in [0.717, 1.165) is 22.5 Å². The topological polar surface area (TPSA) is 59.8 Å². The van der Waals surface area contributed by atoms with Crippen LogP contribution in [-0.2, 0) is 11.2 Å². The van der Waals surface area contributed by atoms with Crippen molar-refractivity contribution < 1.29 is 4.79 Å². The van der Waals surface area contributed by atoms with Crippen LogP contribution in [0.25, 0.3) is 16.9 Å². The first kappa shape index (κ1) is 16.2. The van der Waals surface area contributed by atoms with Crippen LogP contribution in [0.1, 0.15) is 5.56 Å². The van der Waals surface area contributed by atoms with Crippen molar-refractivity contribution in [2.75, 3.05) is 5.32 Å². The lowest BCUT2D eigenvalue weighted by molar-refractivity contribution is -0.115. The smallest absolute Gasteiger partial charge is 0.230 e. The number of anilines is 1. The van der Waals surface area contributed by atoms with Crippen LogP contribution in [0, 0.1) is 0 Å². The van der Waals surface area contributed by atoms with Gasteiger partial charge in [0.05, 0.1) is 24.0 Å². The van der Waals surface area contributed by atoms with E-state index in [9.17, 15) is 4.79 Å². The Labute approximate surface area is 155 Å². The highest BCUT2D eigenvalue weighted by atomic mass is 32.1. The van der Waals surface area contributed by atoms with Gasteiger partial charge in [-0.1, -0.05) is 48.5 Å². The van der Waals surface area contributed by atoms with Gasteiger partial charge in [-0.05, 0) is 17.7 Å². The van der Waals surface area contributed by atoms with E-state index in [1.807, 2.05) is 72.2 Å². The van der Waals surface area contributed by atoms with E-state index >= 15 is 0 Å². The molecule has 0 bridgehead atoms. The summed E-state index contributed by atoms with van der Waals surface area (Å²) in [6, 6.07) is 19.7. The van der Waals surface area contributed by atoms with Gasteiger partial charge in [0.15, 0.2) is 5.13 Å². The largest absolute Gasteiger partial charge is 0.302 e. The summed E-state index contributed by atoms with van der Waals surface area (Å²) in [5, 5.41) is 9.72. The van der Waals surface area contributed by atoms with Crippen molar-refractivity contribution in [1.82, 2.24) is 14.8 Å². The molecule has 0 radical (unpaired) electrons. The summed E-state index contributed by atoms with van der Waals surface area (Å²) < 4.78 is 1.76. The molecule has 4 rings (SSSR count). The highest BCUT2D eigenvalue weighted by molar-refractivity contribution is 7.14. The molecule has 0 saturated carbocycles. The average molecular weight is 360 g/mol. The molecule has 6 heteroatoms. The third-order valence-electron chi connectivity index (χ3n) is 3.84. The van der Waals surface area contributed by atoms with Crippen LogP contribution in [0.5, 0.6) is 0 Å². The molecular formula is C20H16N4OS. The van der Waals surface area contributed by atoms with Crippen molar-refractivity contribution in [1.29, 1.82) is 0 Å². The van der Waals surface area contributed by atoms with E-state index in [1.54, 1.807) is 10.9 Å². The number of aromatic nitrogens is 3. The third kappa shape index (κ3) is 3.70. The van der Waals surface area contributed by atoms with Crippen LogP contribution in [0.4, 0.5) is 5.13 Å². The fourth-order valence-electron chi connectivity index (χ4n) is 2.59. The molecular weight excluding hydrogens is 344 g/mol. The number of thiazole rings is 1. The first-order valence-corrected chi connectivity index (χ1v) is 9.06. The lowest BCUT2D eigenvalue weighted by Gasteiger charge is -2.00. The summed E-state index contributed by atoms with van der Waals surface area (Å²) in [6.45, 7) is 0. The second kappa shape index (κ2) is 7.33. The maximum Gasteiger partial charge on any atom is 0.230 e. The summed E-state index contributed by atoms with van der Waals surface area (Å²) in [5.41, 5.74) is 3.72. The average Bonchev–Trinajstić information content (AvgIpc) is 3.33. The number of hydrogen-bond donors (Lipinski definition) is 1. The van der Waals surface area contributed by atoms with Gasteiger partial charge in [0.1, 0.15) is 0 Å². The Morgan fingerprint density at radius 1 is 1.04 bits per heavy atom. The van der Waals surface area contributed by atoms with Crippen molar-refractivity contribution >= 4 is 22.4 Å². The number of nitrogens with one attached hydrogen (secondary N) is 1. The number of benzene rings is 2. The van der Waals surface area contributed by atoms with Crippen molar-refractivity contribution in [3.05, 3.63) is 84.0 Å². The van der Waals surface area contributed by atoms with E-state index in [1.165, 1.54) is 11.3 Å². The molecule has 1 N–H and O–H groups in total. The van der Waals surface area contributed by atoms with Crippen molar-refractivity contribution in [3.63, 3.8) is 0 Å². The van der Waals surface area contributed by atoms with Gasteiger partial charge in [0, 0.05) is 17.1 Å². The number of rotatable bonds is 5. The van der Waals surface area contributed by atoms with E-state index in [0.29, 0.717) is 5.13 Å². The van der Waals surface area contributed by atoms with Gasteiger partial charge in [0.25, 0.3) is 0 Å². The Bertz CT molecular complexity index is 927. The first-order valence-electron chi connectivity index (χ1n) is 8.18. The number of amides is 1. The van der Waals surface area contributed by atoms with E-state index < -0.39 is 0 Å². The minimum atomic E-state index is -0.105. The van der Waals surface area contributed by atoms with E-state index in [-0.39, 0.29) is 12.3 Å². The molecule has 0 saturated heterocycles. The zero-order chi connectivity index (χ0) is 17.8. The molecule has 4 aromatic rings. The van der Waals surface area contributed by atoms with Gasteiger partial charge in [-0.3, -0.25) is 4.79 Å². The number of nitrogens with zero attached hydrogens (tertiary/aromatic N) is 3. The Morgan fingerprint density at radius 3 is 2.54 bits per heavy atom. The van der Waals surface area contributed by atoms with Gasteiger partial charge >= 0.3 is 0 Å².